The molecule has 0 spiro atoms. The molecule has 8 heteroatoms. The lowest BCUT2D eigenvalue weighted by Crippen LogP contribution is -2.50. The van der Waals surface area contributed by atoms with Crippen LogP contribution in [0.25, 0.3) is 0 Å². The van der Waals surface area contributed by atoms with E-state index in [1.54, 1.807) is 11.0 Å². The van der Waals surface area contributed by atoms with E-state index in [2.05, 4.69) is 10.6 Å². The molecule has 164 valence electrons. The summed E-state index contributed by atoms with van der Waals surface area (Å²) in [5, 5.41) is 5.93. The number of amides is 3. The molecular formula is C23H27N3O5. The third-order valence-corrected chi connectivity index (χ3v) is 5.32. The number of nitrogens with one attached hydrogen (secondary N) is 2. The van der Waals surface area contributed by atoms with Gasteiger partial charge in [0.2, 0.25) is 12.7 Å². The Labute approximate surface area is 181 Å². The zero-order chi connectivity index (χ0) is 21.6. The number of likely N-dealkylation sites (tertiary alicyclic amines) is 1. The van der Waals surface area contributed by atoms with E-state index in [1.807, 2.05) is 43.3 Å². The van der Waals surface area contributed by atoms with Crippen LogP contribution in [0.5, 0.6) is 17.2 Å². The minimum atomic E-state index is -0.163. The van der Waals surface area contributed by atoms with E-state index in [-0.39, 0.29) is 24.8 Å². The first kappa shape index (κ1) is 20.8. The van der Waals surface area contributed by atoms with Crippen molar-refractivity contribution in [3.05, 3.63) is 48.0 Å². The molecule has 0 radical (unpaired) electrons. The number of ether oxygens (including phenoxy) is 3. The Balaban J connectivity index is 1.31. The highest BCUT2D eigenvalue weighted by atomic mass is 16.7. The Kier molecular flexibility index (Phi) is 6.45. The highest BCUT2D eigenvalue weighted by molar-refractivity contribution is 5.89. The summed E-state index contributed by atoms with van der Waals surface area (Å²) in [7, 11) is 0. The molecule has 2 aromatic carbocycles. The van der Waals surface area contributed by atoms with Crippen LogP contribution in [0.3, 0.4) is 0 Å². The number of nitrogens with zero attached hydrogens (tertiary/aromatic N) is 1. The van der Waals surface area contributed by atoms with Gasteiger partial charge in [-0.15, -0.1) is 0 Å². The number of urea groups is 1. The average molecular weight is 425 g/mol. The van der Waals surface area contributed by atoms with Crippen molar-refractivity contribution < 1.29 is 23.8 Å². The second-order valence-corrected chi connectivity index (χ2v) is 7.64. The monoisotopic (exact) mass is 425 g/mol. The van der Waals surface area contributed by atoms with Crippen molar-refractivity contribution in [2.24, 2.45) is 0 Å². The molecule has 2 aliphatic rings. The van der Waals surface area contributed by atoms with Crippen molar-refractivity contribution in [3.8, 4) is 17.2 Å². The lowest BCUT2D eigenvalue weighted by Gasteiger charge is -2.33. The fraction of sp³-hybridized carbons (Fsp3) is 0.391. The highest BCUT2D eigenvalue weighted by Crippen LogP contribution is 2.35. The fourth-order valence-corrected chi connectivity index (χ4v) is 3.68. The van der Waals surface area contributed by atoms with Gasteiger partial charge in [-0.1, -0.05) is 19.1 Å². The molecule has 2 heterocycles. The Morgan fingerprint density at radius 1 is 1.16 bits per heavy atom. The molecule has 2 aromatic rings. The van der Waals surface area contributed by atoms with E-state index in [4.69, 9.17) is 14.2 Å². The predicted octanol–water partition coefficient (Wildman–Crippen LogP) is 3.52. The maximum atomic E-state index is 12.7. The summed E-state index contributed by atoms with van der Waals surface area (Å²) in [5.41, 5.74) is 1.64. The van der Waals surface area contributed by atoms with Crippen LogP contribution in [0, 0.1) is 0 Å². The molecule has 0 bridgehead atoms. The van der Waals surface area contributed by atoms with E-state index in [0.717, 1.165) is 18.4 Å². The van der Waals surface area contributed by atoms with Crippen molar-refractivity contribution in [1.82, 2.24) is 10.2 Å². The van der Waals surface area contributed by atoms with Crippen LogP contribution in [-0.2, 0) is 11.4 Å². The summed E-state index contributed by atoms with van der Waals surface area (Å²) in [4.78, 5) is 26.1. The molecule has 1 unspecified atom stereocenters. The number of fused-ring (bicyclic) bond motifs is 1. The molecule has 0 saturated carbocycles. The van der Waals surface area contributed by atoms with Crippen LogP contribution in [0.2, 0.25) is 0 Å². The average Bonchev–Trinajstić information content (AvgIpc) is 3.26. The van der Waals surface area contributed by atoms with Crippen LogP contribution >= 0.6 is 0 Å². The minimum Gasteiger partial charge on any atom is -0.489 e. The van der Waals surface area contributed by atoms with Gasteiger partial charge in [0.05, 0.1) is 0 Å². The number of rotatable bonds is 6. The molecule has 0 aromatic heterocycles. The molecule has 4 rings (SSSR count). The number of anilines is 1. The van der Waals surface area contributed by atoms with E-state index >= 15 is 0 Å². The summed E-state index contributed by atoms with van der Waals surface area (Å²) in [6.07, 6.45) is 2.21. The zero-order valence-corrected chi connectivity index (χ0v) is 17.6. The fourth-order valence-electron chi connectivity index (χ4n) is 3.68. The Hall–Kier alpha value is -3.42. The van der Waals surface area contributed by atoms with Gasteiger partial charge in [0.1, 0.15) is 12.4 Å². The number of hydrogen-bond acceptors (Lipinski definition) is 5. The molecule has 0 aliphatic carbocycles. The van der Waals surface area contributed by atoms with Gasteiger partial charge < -0.3 is 29.7 Å². The van der Waals surface area contributed by atoms with Crippen molar-refractivity contribution in [2.75, 3.05) is 25.2 Å². The van der Waals surface area contributed by atoms with Gasteiger partial charge in [0.25, 0.3) is 0 Å². The van der Waals surface area contributed by atoms with E-state index in [1.165, 1.54) is 0 Å². The largest absolute Gasteiger partial charge is 0.489 e. The molecule has 31 heavy (non-hydrogen) atoms. The third kappa shape index (κ3) is 5.39. The smallest absolute Gasteiger partial charge is 0.321 e. The standard InChI is InChI=1S/C23H27N3O5/c1-2-22(27)24-18-7-4-10-26(13-18)23(28)25-17-6-3-5-16(11-17)14-29-19-8-9-20-21(12-19)31-15-30-20/h3,5-6,8-9,11-12,18H,2,4,7,10,13-15H2,1H3,(H,24,27)(H,25,28). The van der Waals surface area contributed by atoms with Crippen LogP contribution in [0.15, 0.2) is 42.5 Å². The van der Waals surface area contributed by atoms with Crippen molar-refractivity contribution in [1.29, 1.82) is 0 Å². The molecule has 1 fully saturated rings. The summed E-state index contributed by atoms with van der Waals surface area (Å²) in [6.45, 7) is 3.61. The molecule has 1 atom stereocenters. The van der Waals surface area contributed by atoms with Gasteiger partial charge in [-0.2, -0.15) is 0 Å². The topological polar surface area (TPSA) is 89.1 Å². The van der Waals surface area contributed by atoms with Crippen LogP contribution in [-0.4, -0.2) is 42.8 Å². The van der Waals surface area contributed by atoms with Gasteiger partial charge in [-0.05, 0) is 42.7 Å². The third-order valence-electron chi connectivity index (χ3n) is 5.32. The first-order valence-electron chi connectivity index (χ1n) is 10.6. The van der Waals surface area contributed by atoms with Gasteiger partial charge in [0, 0.05) is 37.3 Å². The maximum absolute atomic E-state index is 12.7. The van der Waals surface area contributed by atoms with Crippen LogP contribution < -0.4 is 24.8 Å². The second-order valence-electron chi connectivity index (χ2n) is 7.64. The lowest BCUT2D eigenvalue weighted by molar-refractivity contribution is -0.121. The number of carbonyl (C=O) groups is 2. The summed E-state index contributed by atoms with van der Waals surface area (Å²) in [6, 6.07) is 12.9. The molecular weight excluding hydrogens is 398 g/mol. The SMILES string of the molecule is CCC(=O)NC1CCCN(C(=O)Nc2cccc(COc3ccc4c(c3)OCO4)c2)C1. The van der Waals surface area contributed by atoms with Gasteiger partial charge >= 0.3 is 6.03 Å². The summed E-state index contributed by atoms with van der Waals surface area (Å²) < 4.78 is 16.5. The van der Waals surface area contributed by atoms with E-state index < -0.39 is 0 Å². The van der Waals surface area contributed by atoms with Gasteiger partial charge in [-0.3, -0.25) is 4.79 Å². The van der Waals surface area contributed by atoms with E-state index in [9.17, 15) is 9.59 Å². The lowest BCUT2D eigenvalue weighted by atomic mass is 10.1. The predicted molar refractivity (Wildman–Crippen MR) is 115 cm³/mol. The molecule has 8 nitrogen and oxygen atoms in total. The Morgan fingerprint density at radius 3 is 2.90 bits per heavy atom. The number of benzene rings is 2. The minimum absolute atomic E-state index is 0.00776. The van der Waals surface area contributed by atoms with Gasteiger partial charge in [-0.25, -0.2) is 4.79 Å². The summed E-state index contributed by atoms with van der Waals surface area (Å²) in [5.74, 6) is 2.09. The van der Waals surface area contributed by atoms with Crippen molar-refractivity contribution >= 4 is 17.6 Å². The molecule has 1 saturated heterocycles. The zero-order valence-electron chi connectivity index (χ0n) is 17.6. The maximum Gasteiger partial charge on any atom is 0.321 e. The normalized spacial score (nSPS) is 17.2. The Morgan fingerprint density at radius 2 is 2.03 bits per heavy atom. The number of hydrogen-bond donors (Lipinski definition) is 2. The highest BCUT2D eigenvalue weighted by Gasteiger charge is 2.24. The first-order chi connectivity index (χ1) is 15.1. The summed E-state index contributed by atoms with van der Waals surface area (Å²) >= 11 is 0. The molecule has 2 aliphatic heterocycles. The quantitative estimate of drug-likeness (QED) is 0.739. The van der Waals surface area contributed by atoms with Gasteiger partial charge in [0.15, 0.2) is 11.5 Å². The van der Waals surface area contributed by atoms with Crippen LogP contribution in [0.4, 0.5) is 10.5 Å². The number of carbonyl (C=O) groups excluding carboxylic acids is 2. The molecule has 2 N–H and O–H groups in total. The van der Waals surface area contributed by atoms with Crippen molar-refractivity contribution in [3.63, 3.8) is 0 Å². The first-order valence-corrected chi connectivity index (χ1v) is 10.6. The molecule has 3 amide bonds. The van der Waals surface area contributed by atoms with Crippen LogP contribution in [0.1, 0.15) is 31.7 Å². The van der Waals surface area contributed by atoms with E-state index in [0.29, 0.717) is 49.1 Å². The second kappa shape index (κ2) is 9.59. The Bertz CT molecular complexity index is 949. The van der Waals surface area contributed by atoms with Crippen molar-refractivity contribution in [2.45, 2.75) is 38.8 Å². The number of piperidine rings is 1.